The van der Waals surface area contributed by atoms with Gasteiger partial charge in [0.25, 0.3) is 0 Å². The number of hydrogen-bond acceptors (Lipinski definition) is 13. The number of para-hydroxylation sites is 1. The summed E-state index contributed by atoms with van der Waals surface area (Å²) in [7, 11) is 0. The molecule has 0 spiro atoms. The molecule has 0 saturated carbocycles. The minimum Gasteiger partial charge on any atom is -0.491 e. The summed E-state index contributed by atoms with van der Waals surface area (Å²) in [6, 6.07) is 12.6. The van der Waals surface area contributed by atoms with Crippen LogP contribution < -0.4 is 20.3 Å². The van der Waals surface area contributed by atoms with Crippen LogP contribution in [0.2, 0.25) is 0 Å². The molecule has 0 atom stereocenters. The van der Waals surface area contributed by atoms with Crippen LogP contribution >= 0.6 is 22.7 Å². The molecule has 5 heterocycles. The molecule has 0 aliphatic carbocycles. The van der Waals surface area contributed by atoms with Gasteiger partial charge in [0.15, 0.2) is 39.2 Å². The molecule has 2 aliphatic heterocycles. The average molecular weight is 854 g/mol. The van der Waals surface area contributed by atoms with Crippen molar-refractivity contribution in [3.8, 4) is 17.6 Å². The highest BCUT2D eigenvalue weighted by atomic mass is 32.1. The molecule has 7 rings (SSSR count). The van der Waals surface area contributed by atoms with Crippen molar-refractivity contribution in [3.63, 3.8) is 0 Å². The van der Waals surface area contributed by atoms with E-state index in [-0.39, 0.29) is 29.9 Å². The summed E-state index contributed by atoms with van der Waals surface area (Å²) in [4.78, 5) is 52.0. The third kappa shape index (κ3) is 10.5. The molecular formula is C43H48FN9O5S2. The minimum atomic E-state index is -1.11. The molecule has 1 fully saturated rings. The number of aromatic carboxylic acids is 1. The molecule has 60 heavy (non-hydrogen) atoms. The Morgan fingerprint density at radius 1 is 1.00 bits per heavy atom. The number of ether oxygens (including phenoxy) is 1. The van der Waals surface area contributed by atoms with Crippen LogP contribution in [0, 0.1) is 24.6 Å². The van der Waals surface area contributed by atoms with Gasteiger partial charge < -0.3 is 30.3 Å². The summed E-state index contributed by atoms with van der Waals surface area (Å²) in [6.07, 6.45) is 4.96. The van der Waals surface area contributed by atoms with E-state index < -0.39 is 11.8 Å². The maximum atomic E-state index is 15.0. The fourth-order valence-corrected chi connectivity index (χ4v) is 9.12. The van der Waals surface area contributed by atoms with E-state index in [1.54, 1.807) is 23.5 Å². The first-order chi connectivity index (χ1) is 29.2. The van der Waals surface area contributed by atoms with E-state index in [9.17, 15) is 19.5 Å². The molecule has 3 N–H and O–H groups in total. The van der Waals surface area contributed by atoms with Crippen LogP contribution in [0.1, 0.15) is 77.5 Å². The number of halogens is 1. The number of fused-ring (bicyclic) bond motifs is 2. The van der Waals surface area contributed by atoms with Gasteiger partial charge in [-0.05, 0) is 75.8 Å². The second-order valence-electron chi connectivity index (χ2n) is 14.6. The van der Waals surface area contributed by atoms with Crippen molar-refractivity contribution >= 4 is 72.6 Å². The number of rotatable bonds is 16. The molecule has 3 aromatic heterocycles. The molecule has 0 radical (unpaired) electrons. The Morgan fingerprint density at radius 3 is 2.62 bits per heavy atom. The van der Waals surface area contributed by atoms with Gasteiger partial charge in [-0.1, -0.05) is 42.2 Å². The predicted octanol–water partition coefficient (Wildman–Crippen LogP) is 6.72. The minimum absolute atomic E-state index is 0.00710. The van der Waals surface area contributed by atoms with Gasteiger partial charge in [0.1, 0.15) is 0 Å². The zero-order valence-corrected chi connectivity index (χ0v) is 35.4. The van der Waals surface area contributed by atoms with Gasteiger partial charge in [-0.25, -0.2) is 19.2 Å². The number of thiazole rings is 2. The SMILES string of the molecule is CCC(=O)NCCCCC(=O)N1CCN(CC#Cc2ccc(OCCCc3sc(N4CCCc5c4nnc(Nc4nc6ccccc6s4)c5C)nc3C(=O)O)c(F)c2)CC1. The molecule has 5 aromatic rings. The molecule has 0 unspecified atom stereocenters. The number of carbonyl (C=O) groups is 3. The van der Waals surface area contributed by atoms with Crippen LogP contribution in [0.3, 0.4) is 0 Å². The van der Waals surface area contributed by atoms with Crippen LogP contribution in [0.5, 0.6) is 5.75 Å². The number of carboxylic acids is 1. The Morgan fingerprint density at radius 2 is 1.83 bits per heavy atom. The van der Waals surface area contributed by atoms with Crippen molar-refractivity contribution in [2.45, 2.75) is 65.2 Å². The van der Waals surface area contributed by atoms with Gasteiger partial charge in [0.05, 0.1) is 23.4 Å². The Labute approximate surface area is 356 Å². The third-order valence-electron chi connectivity index (χ3n) is 10.5. The van der Waals surface area contributed by atoms with Crippen LogP contribution in [0.25, 0.3) is 10.2 Å². The molecule has 2 aromatic carbocycles. The number of hydrogen-bond donors (Lipinski definition) is 3. The van der Waals surface area contributed by atoms with E-state index in [1.807, 2.05) is 47.9 Å². The van der Waals surface area contributed by atoms with E-state index in [2.05, 4.69) is 47.5 Å². The van der Waals surface area contributed by atoms with Gasteiger partial charge in [-0.2, -0.15) is 0 Å². The molecule has 1 saturated heterocycles. The fourth-order valence-electron chi connectivity index (χ4n) is 7.13. The second kappa shape index (κ2) is 20.0. The van der Waals surface area contributed by atoms with E-state index in [1.165, 1.54) is 17.4 Å². The number of nitrogens with one attached hydrogen (secondary N) is 2. The van der Waals surface area contributed by atoms with Crippen molar-refractivity contribution in [2.24, 2.45) is 0 Å². The van der Waals surface area contributed by atoms with Gasteiger partial charge in [-0.15, -0.1) is 21.5 Å². The molecule has 314 valence electrons. The number of aryl methyl sites for hydroxylation is 1. The third-order valence-corrected chi connectivity index (χ3v) is 12.6. The summed E-state index contributed by atoms with van der Waals surface area (Å²) in [6.45, 7) is 8.47. The lowest BCUT2D eigenvalue weighted by Crippen LogP contribution is -2.48. The highest BCUT2D eigenvalue weighted by Crippen LogP contribution is 2.39. The maximum absolute atomic E-state index is 15.0. The summed E-state index contributed by atoms with van der Waals surface area (Å²) in [5.41, 5.74) is 3.43. The number of piperazine rings is 1. The van der Waals surface area contributed by atoms with Crippen LogP contribution in [-0.2, 0) is 22.4 Å². The first kappa shape index (κ1) is 42.4. The Balaban J connectivity index is 0.876. The van der Waals surface area contributed by atoms with Crippen molar-refractivity contribution in [2.75, 3.05) is 62.6 Å². The zero-order chi connectivity index (χ0) is 42.0. The van der Waals surface area contributed by atoms with Crippen molar-refractivity contribution in [3.05, 3.63) is 75.5 Å². The van der Waals surface area contributed by atoms with Gasteiger partial charge in [0.2, 0.25) is 11.8 Å². The smallest absolute Gasteiger partial charge is 0.355 e. The number of amides is 2. The van der Waals surface area contributed by atoms with E-state index in [4.69, 9.17) is 4.74 Å². The summed E-state index contributed by atoms with van der Waals surface area (Å²) < 4.78 is 21.9. The van der Waals surface area contributed by atoms with E-state index >= 15 is 4.39 Å². The molecule has 17 heteroatoms. The number of aromatic nitrogens is 4. The molecule has 0 bridgehead atoms. The molecule has 2 amide bonds. The number of benzene rings is 2. The summed E-state index contributed by atoms with van der Waals surface area (Å²) in [5, 5.41) is 26.6. The first-order valence-electron chi connectivity index (χ1n) is 20.3. The Kier molecular flexibility index (Phi) is 14.2. The Bertz CT molecular complexity index is 2370. The van der Waals surface area contributed by atoms with E-state index in [0.29, 0.717) is 85.6 Å². The lowest BCUT2D eigenvalue weighted by atomic mass is 10.0. The monoisotopic (exact) mass is 853 g/mol. The zero-order valence-electron chi connectivity index (χ0n) is 33.8. The standard InChI is InChI=1S/C43H48FN9O5S2/c1-3-36(54)45-19-7-6-16-37(55)52-24-22-51(23-25-52)20-8-11-29-17-18-33(31(44)27-29)58-26-10-15-35-38(41(56)57)47-43(60-35)53-21-9-12-30-28(2)39(49-50-40(30)53)48-42-46-32-13-4-5-14-34(32)59-42/h4-5,13-14,17-18,27H,3,6-7,9-10,12,15-16,19-26H2,1-2H3,(H,45,54)(H,56,57)(H,46,48,49). The number of carbonyl (C=O) groups excluding carboxylic acids is 2. The highest BCUT2D eigenvalue weighted by molar-refractivity contribution is 7.22. The number of nitrogens with zero attached hydrogens (tertiary/aromatic N) is 7. The van der Waals surface area contributed by atoms with Crippen molar-refractivity contribution in [1.29, 1.82) is 0 Å². The second-order valence-corrected chi connectivity index (χ2v) is 16.7. The quantitative estimate of drug-likeness (QED) is 0.0710. The number of unbranched alkanes of at least 4 members (excludes halogenated alkanes) is 1. The average Bonchev–Trinajstić information content (AvgIpc) is 3.88. The van der Waals surface area contributed by atoms with Crippen LogP contribution in [0.15, 0.2) is 42.5 Å². The lowest BCUT2D eigenvalue weighted by Gasteiger charge is -2.33. The van der Waals surface area contributed by atoms with Crippen molar-refractivity contribution in [1.82, 2.24) is 35.3 Å². The van der Waals surface area contributed by atoms with Gasteiger partial charge >= 0.3 is 5.97 Å². The first-order valence-corrected chi connectivity index (χ1v) is 22.0. The summed E-state index contributed by atoms with van der Waals surface area (Å²) in [5.74, 6) is 6.09. The number of carboxylic acid groups (broad SMARTS) is 1. The van der Waals surface area contributed by atoms with Gasteiger partial charge in [-0.3, -0.25) is 14.5 Å². The van der Waals surface area contributed by atoms with Gasteiger partial charge in [0, 0.05) is 73.7 Å². The van der Waals surface area contributed by atoms with Crippen LogP contribution in [-0.4, -0.2) is 105 Å². The molecular weight excluding hydrogens is 806 g/mol. The van der Waals surface area contributed by atoms with Crippen LogP contribution in [0.4, 0.5) is 26.3 Å². The Hall–Kier alpha value is -5.70. The highest BCUT2D eigenvalue weighted by Gasteiger charge is 2.28. The molecule has 2 aliphatic rings. The number of anilines is 4. The molecule has 14 nitrogen and oxygen atoms in total. The predicted molar refractivity (Wildman–Crippen MR) is 231 cm³/mol. The topological polar surface area (TPSA) is 166 Å². The summed E-state index contributed by atoms with van der Waals surface area (Å²) >= 11 is 2.86. The van der Waals surface area contributed by atoms with E-state index in [0.717, 1.165) is 65.2 Å². The largest absolute Gasteiger partial charge is 0.491 e. The lowest BCUT2D eigenvalue weighted by molar-refractivity contribution is -0.133. The normalized spacial score (nSPS) is 14.1. The van der Waals surface area contributed by atoms with Crippen molar-refractivity contribution < 1.29 is 28.6 Å². The maximum Gasteiger partial charge on any atom is 0.355 e. The fraction of sp³-hybridized carbons (Fsp3) is 0.419.